The summed E-state index contributed by atoms with van der Waals surface area (Å²) in [5, 5.41) is 0. The lowest BCUT2D eigenvalue weighted by molar-refractivity contribution is -0.146. The van der Waals surface area contributed by atoms with Crippen LogP contribution in [0.4, 0.5) is 0 Å². The van der Waals surface area contributed by atoms with Crippen molar-refractivity contribution >= 4 is 24.3 Å². The van der Waals surface area contributed by atoms with Crippen LogP contribution in [0.3, 0.4) is 0 Å². The summed E-state index contributed by atoms with van der Waals surface area (Å²) in [6, 6.07) is -0.591. The number of guanidine groups is 1. The number of aliphatic imine (C=N–C) groups is 1. The SMILES string of the molecule is CCCCCC(C)COC(=O)[C@@H](N)CCCN=C(N)N.Cl. The molecule has 0 saturated carbocycles. The van der Waals surface area contributed by atoms with E-state index >= 15 is 0 Å². The van der Waals surface area contributed by atoms with Crippen LogP contribution in [0.25, 0.3) is 0 Å². The van der Waals surface area contributed by atoms with Gasteiger partial charge in [-0.3, -0.25) is 9.79 Å². The second kappa shape index (κ2) is 13.9. The highest BCUT2D eigenvalue weighted by Crippen LogP contribution is 2.10. The number of ether oxygens (including phenoxy) is 1. The van der Waals surface area contributed by atoms with Crippen LogP contribution < -0.4 is 17.2 Å². The number of carbonyl (C=O) groups excluding carboxylic acids is 1. The van der Waals surface area contributed by atoms with E-state index in [0.717, 1.165) is 6.42 Å². The predicted molar refractivity (Wildman–Crippen MR) is 89.4 cm³/mol. The minimum absolute atomic E-state index is 0. The monoisotopic (exact) mass is 322 g/mol. The predicted octanol–water partition coefficient (Wildman–Crippen LogP) is 1.55. The van der Waals surface area contributed by atoms with Crippen LogP contribution in [0.15, 0.2) is 4.99 Å². The molecular formula is C14H31ClN4O2. The van der Waals surface area contributed by atoms with Gasteiger partial charge in [-0.25, -0.2) is 0 Å². The molecule has 2 atom stereocenters. The van der Waals surface area contributed by atoms with Crippen molar-refractivity contribution < 1.29 is 9.53 Å². The van der Waals surface area contributed by atoms with Crippen LogP contribution in [-0.2, 0) is 9.53 Å². The summed E-state index contributed by atoms with van der Waals surface area (Å²) in [5.74, 6) is 0.110. The summed E-state index contributed by atoms with van der Waals surface area (Å²) in [4.78, 5) is 15.5. The Bertz CT molecular complexity index is 297. The molecule has 0 aliphatic rings. The Kier molecular flexibility index (Phi) is 14.8. The first-order chi connectivity index (χ1) is 9.47. The Labute approximate surface area is 134 Å². The molecule has 126 valence electrons. The van der Waals surface area contributed by atoms with E-state index in [1.165, 1.54) is 19.3 Å². The Hall–Kier alpha value is -1.01. The van der Waals surface area contributed by atoms with Crippen molar-refractivity contribution in [3.05, 3.63) is 0 Å². The van der Waals surface area contributed by atoms with Crippen LogP contribution in [0, 0.1) is 5.92 Å². The number of hydrogen-bond acceptors (Lipinski definition) is 4. The average molecular weight is 323 g/mol. The van der Waals surface area contributed by atoms with Crippen molar-refractivity contribution in [2.24, 2.45) is 28.1 Å². The summed E-state index contributed by atoms with van der Waals surface area (Å²) in [7, 11) is 0. The molecule has 0 radical (unpaired) electrons. The molecule has 0 saturated heterocycles. The van der Waals surface area contributed by atoms with Crippen molar-refractivity contribution in [2.75, 3.05) is 13.2 Å². The van der Waals surface area contributed by atoms with Crippen molar-refractivity contribution in [1.82, 2.24) is 0 Å². The van der Waals surface area contributed by atoms with Crippen LogP contribution in [-0.4, -0.2) is 31.1 Å². The minimum atomic E-state index is -0.591. The maximum absolute atomic E-state index is 11.7. The zero-order valence-electron chi connectivity index (χ0n) is 13.2. The number of rotatable bonds is 11. The van der Waals surface area contributed by atoms with Crippen LogP contribution in [0.2, 0.25) is 0 Å². The number of nitrogens with two attached hydrogens (primary N) is 3. The van der Waals surface area contributed by atoms with Crippen molar-refractivity contribution in [3.8, 4) is 0 Å². The molecule has 0 aromatic rings. The van der Waals surface area contributed by atoms with Gasteiger partial charge in [-0.2, -0.15) is 0 Å². The van der Waals surface area contributed by atoms with Gasteiger partial charge in [-0.15, -0.1) is 12.4 Å². The van der Waals surface area contributed by atoms with Crippen molar-refractivity contribution in [3.63, 3.8) is 0 Å². The van der Waals surface area contributed by atoms with Gasteiger partial charge < -0.3 is 21.9 Å². The normalized spacial score (nSPS) is 12.9. The first kappa shape index (κ1) is 22.3. The van der Waals surface area contributed by atoms with Gasteiger partial charge in [0.2, 0.25) is 0 Å². The maximum atomic E-state index is 11.7. The zero-order chi connectivity index (χ0) is 15.4. The molecular weight excluding hydrogens is 292 g/mol. The fourth-order valence-electron chi connectivity index (χ4n) is 1.79. The highest BCUT2D eigenvalue weighted by atomic mass is 35.5. The second-order valence-electron chi connectivity index (χ2n) is 5.29. The topological polar surface area (TPSA) is 117 Å². The van der Waals surface area contributed by atoms with E-state index in [1.54, 1.807) is 0 Å². The molecule has 0 heterocycles. The number of nitrogens with zero attached hydrogens (tertiary/aromatic N) is 1. The summed E-state index contributed by atoms with van der Waals surface area (Å²) >= 11 is 0. The third-order valence-electron chi connectivity index (χ3n) is 3.08. The summed E-state index contributed by atoms with van der Waals surface area (Å²) in [6.45, 7) is 5.19. The molecule has 6 N–H and O–H groups in total. The standard InChI is InChI=1S/C14H30N4O2.ClH/c1-3-4-5-7-11(2)10-20-13(19)12(15)8-6-9-18-14(16)17;/h11-12H,3-10,15H2,1-2H3,(H4,16,17,18);1H/t11?,12-;/m0./s1. The van der Waals surface area contributed by atoms with Crippen molar-refractivity contribution in [1.29, 1.82) is 0 Å². The quantitative estimate of drug-likeness (QED) is 0.231. The minimum Gasteiger partial charge on any atom is -0.464 e. The van der Waals surface area contributed by atoms with Gasteiger partial charge in [-0.1, -0.05) is 33.1 Å². The molecule has 0 bridgehead atoms. The Morgan fingerprint density at radius 3 is 2.43 bits per heavy atom. The lowest BCUT2D eigenvalue weighted by Crippen LogP contribution is -2.33. The summed E-state index contributed by atoms with van der Waals surface area (Å²) in [5.41, 5.74) is 16.2. The Morgan fingerprint density at radius 2 is 1.86 bits per heavy atom. The van der Waals surface area contributed by atoms with Gasteiger partial charge in [0.1, 0.15) is 6.04 Å². The van der Waals surface area contributed by atoms with Gasteiger partial charge in [0.25, 0.3) is 0 Å². The first-order valence-electron chi connectivity index (χ1n) is 7.45. The second-order valence-corrected chi connectivity index (χ2v) is 5.29. The molecule has 0 aromatic carbocycles. The third kappa shape index (κ3) is 13.7. The molecule has 21 heavy (non-hydrogen) atoms. The first-order valence-corrected chi connectivity index (χ1v) is 7.45. The van der Waals surface area contributed by atoms with E-state index in [-0.39, 0.29) is 24.3 Å². The van der Waals surface area contributed by atoms with E-state index in [1.807, 2.05) is 0 Å². The highest BCUT2D eigenvalue weighted by molar-refractivity contribution is 5.85. The number of halogens is 1. The van der Waals surface area contributed by atoms with Gasteiger partial charge in [0.05, 0.1) is 6.61 Å². The molecule has 0 aliphatic heterocycles. The van der Waals surface area contributed by atoms with Crippen LogP contribution >= 0.6 is 12.4 Å². The van der Waals surface area contributed by atoms with Crippen LogP contribution in [0.5, 0.6) is 0 Å². The molecule has 0 fully saturated rings. The molecule has 0 aromatic heterocycles. The average Bonchev–Trinajstić information content (AvgIpc) is 2.40. The van der Waals surface area contributed by atoms with E-state index in [2.05, 4.69) is 18.8 Å². The van der Waals surface area contributed by atoms with Gasteiger partial charge in [-0.05, 0) is 25.2 Å². The number of carbonyl (C=O) groups is 1. The fourth-order valence-corrected chi connectivity index (χ4v) is 1.79. The molecule has 0 spiro atoms. The van der Waals surface area contributed by atoms with Gasteiger partial charge in [0.15, 0.2) is 5.96 Å². The van der Waals surface area contributed by atoms with E-state index in [9.17, 15) is 4.79 Å². The largest absolute Gasteiger partial charge is 0.464 e. The lowest BCUT2D eigenvalue weighted by Gasteiger charge is -2.14. The molecule has 0 aliphatic carbocycles. The third-order valence-corrected chi connectivity index (χ3v) is 3.08. The molecule has 7 heteroatoms. The Balaban J connectivity index is 0. The molecule has 0 amide bonds. The fraction of sp³-hybridized carbons (Fsp3) is 0.857. The number of unbranched alkanes of at least 4 members (excludes halogenated alkanes) is 2. The van der Waals surface area contributed by atoms with E-state index in [0.29, 0.717) is 31.9 Å². The van der Waals surface area contributed by atoms with Crippen molar-refractivity contribution in [2.45, 2.75) is 58.4 Å². The number of esters is 1. The lowest BCUT2D eigenvalue weighted by atomic mass is 10.0. The van der Waals surface area contributed by atoms with Gasteiger partial charge >= 0.3 is 5.97 Å². The molecule has 0 rings (SSSR count). The zero-order valence-corrected chi connectivity index (χ0v) is 14.0. The van der Waals surface area contributed by atoms with Gasteiger partial charge in [0, 0.05) is 6.54 Å². The number of hydrogen-bond donors (Lipinski definition) is 3. The highest BCUT2D eigenvalue weighted by Gasteiger charge is 2.15. The van der Waals surface area contributed by atoms with E-state index < -0.39 is 6.04 Å². The smallest absolute Gasteiger partial charge is 0.322 e. The summed E-state index contributed by atoms with van der Waals surface area (Å²) in [6.07, 6.45) is 5.89. The molecule has 1 unspecified atom stereocenters. The maximum Gasteiger partial charge on any atom is 0.322 e. The van der Waals surface area contributed by atoms with E-state index in [4.69, 9.17) is 21.9 Å². The summed E-state index contributed by atoms with van der Waals surface area (Å²) < 4.78 is 5.23. The van der Waals surface area contributed by atoms with Crippen LogP contribution in [0.1, 0.15) is 52.4 Å². The molecule has 6 nitrogen and oxygen atoms in total. The Morgan fingerprint density at radius 1 is 1.19 bits per heavy atom.